The Kier molecular flexibility index (Phi) is 3.66. The van der Waals surface area contributed by atoms with Crippen molar-refractivity contribution in [2.24, 2.45) is 13.0 Å². The summed E-state index contributed by atoms with van der Waals surface area (Å²) < 4.78 is 2.11. The number of nitrogens with one attached hydrogen (secondary N) is 1. The quantitative estimate of drug-likeness (QED) is 0.834. The molecule has 3 nitrogen and oxygen atoms in total. The first-order valence-corrected chi connectivity index (χ1v) is 6.18. The maximum absolute atomic E-state index is 3.68. The summed E-state index contributed by atoms with van der Waals surface area (Å²) in [7, 11) is 4.28. The molecule has 0 aliphatic carbocycles. The van der Waals surface area contributed by atoms with Crippen molar-refractivity contribution in [1.82, 2.24) is 14.8 Å². The smallest absolute Gasteiger partial charge is 0.0223 e. The number of piperidine rings is 1. The first kappa shape index (κ1) is 11.7. The van der Waals surface area contributed by atoms with E-state index in [0.29, 0.717) is 6.04 Å². The van der Waals surface area contributed by atoms with Crippen molar-refractivity contribution in [3.63, 3.8) is 0 Å². The zero-order valence-corrected chi connectivity index (χ0v) is 10.6. The van der Waals surface area contributed by atoms with Gasteiger partial charge in [0.2, 0.25) is 0 Å². The molecular weight excluding hydrogens is 198 g/mol. The zero-order chi connectivity index (χ0) is 11.5. The molecule has 0 aromatic carbocycles. The van der Waals surface area contributed by atoms with Gasteiger partial charge in [-0.2, -0.15) is 0 Å². The Labute approximate surface area is 98.4 Å². The molecule has 1 aliphatic rings. The standard InChI is InChI=1S/C13H23N3/c1-11-9-15(2)7-5-13(11)14-8-12-4-6-16(3)10-12/h4,6,10-11,13-14H,5,7-9H2,1-3H3. The highest BCUT2D eigenvalue weighted by Gasteiger charge is 2.23. The number of likely N-dealkylation sites (tertiary alicyclic amines) is 1. The lowest BCUT2D eigenvalue weighted by Crippen LogP contribution is -2.46. The third kappa shape index (κ3) is 2.86. The van der Waals surface area contributed by atoms with E-state index in [4.69, 9.17) is 0 Å². The summed E-state index contributed by atoms with van der Waals surface area (Å²) in [5.74, 6) is 0.752. The third-order valence-corrected chi connectivity index (χ3v) is 3.57. The van der Waals surface area contributed by atoms with Crippen molar-refractivity contribution in [3.05, 3.63) is 24.0 Å². The van der Waals surface area contributed by atoms with Gasteiger partial charge in [-0.15, -0.1) is 0 Å². The van der Waals surface area contributed by atoms with Gasteiger partial charge in [-0.25, -0.2) is 0 Å². The minimum absolute atomic E-state index is 0.677. The van der Waals surface area contributed by atoms with Crippen LogP contribution in [0.1, 0.15) is 18.9 Å². The average molecular weight is 221 g/mol. The van der Waals surface area contributed by atoms with Crippen LogP contribution in [0.3, 0.4) is 0 Å². The maximum atomic E-state index is 3.68. The van der Waals surface area contributed by atoms with Crippen molar-refractivity contribution >= 4 is 0 Å². The molecule has 2 rings (SSSR count). The highest BCUT2D eigenvalue weighted by atomic mass is 15.1. The molecule has 1 aliphatic heterocycles. The van der Waals surface area contributed by atoms with Gasteiger partial charge in [-0.05, 0) is 37.6 Å². The van der Waals surface area contributed by atoms with E-state index in [9.17, 15) is 0 Å². The number of nitrogens with zero attached hydrogens (tertiary/aromatic N) is 2. The Balaban J connectivity index is 1.81. The minimum Gasteiger partial charge on any atom is -0.357 e. The van der Waals surface area contributed by atoms with Crippen LogP contribution in [0.5, 0.6) is 0 Å². The van der Waals surface area contributed by atoms with E-state index in [2.05, 4.69) is 54.3 Å². The van der Waals surface area contributed by atoms with Crippen molar-refractivity contribution in [3.8, 4) is 0 Å². The summed E-state index contributed by atoms with van der Waals surface area (Å²) in [6.07, 6.45) is 5.56. The van der Waals surface area contributed by atoms with Gasteiger partial charge in [-0.3, -0.25) is 0 Å². The molecule has 1 aromatic rings. The van der Waals surface area contributed by atoms with E-state index < -0.39 is 0 Å². The largest absolute Gasteiger partial charge is 0.357 e. The van der Waals surface area contributed by atoms with E-state index in [1.165, 1.54) is 25.1 Å². The molecule has 1 fully saturated rings. The maximum Gasteiger partial charge on any atom is 0.0223 e. The van der Waals surface area contributed by atoms with Gasteiger partial charge in [0.05, 0.1) is 0 Å². The monoisotopic (exact) mass is 221 g/mol. The lowest BCUT2D eigenvalue weighted by molar-refractivity contribution is 0.174. The van der Waals surface area contributed by atoms with Crippen LogP contribution in [-0.2, 0) is 13.6 Å². The van der Waals surface area contributed by atoms with Crippen molar-refractivity contribution in [2.45, 2.75) is 25.9 Å². The Morgan fingerprint density at radius 3 is 2.88 bits per heavy atom. The van der Waals surface area contributed by atoms with Crippen LogP contribution >= 0.6 is 0 Å². The molecule has 0 spiro atoms. The molecule has 3 heteroatoms. The Hall–Kier alpha value is -0.800. The third-order valence-electron chi connectivity index (χ3n) is 3.57. The SMILES string of the molecule is CC1CN(C)CCC1NCc1ccn(C)c1. The summed E-state index contributed by atoms with van der Waals surface area (Å²) >= 11 is 0. The van der Waals surface area contributed by atoms with E-state index in [-0.39, 0.29) is 0 Å². The molecule has 16 heavy (non-hydrogen) atoms. The van der Waals surface area contributed by atoms with Crippen molar-refractivity contribution < 1.29 is 0 Å². The summed E-state index contributed by atoms with van der Waals surface area (Å²) in [4.78, 5) is 2.42. The fourth-order valence-electron chi connectivity index (χ4n) is 2.57. The molecule has 90 valence electrons. The van der Waals surface area contributed by atoms with Crippen LogP contribution < -0.4 is 5.32 Å². The summed E-state index contributed by atoms with van der Waals surface area (Å²) in [5, 5.41) is 3.68. The summed E-state index contributed by atoms with van der Waals surface area (Å²) in [5.41, 5.74) is 1.38. The first-order valence-electron chi connectivity index (χ1n) is 6.18. The van der Waals surface area contributed by atoms with E-state index in [1.807, 2.05) is 0 Å². The fourth-order valence-corrected chi connectivity index (χ4v) is 2.57. The van der Waals surface area contributed by atoms with Gasteiger partial charge in [0.15, 0.2) is 0 Å². The molecule has 1 saturated heterocycles. The van der Waals surface area contributed by atoms with Gasteiger partial charge in [-0.1, -0.05) is 6.92 Å². The van der Waals surface area contributed by atoms with Crippen molar-refractivity contribution in [2.75, 3.05) is 20.1 Å². The van der Waals surface area contributed by atoms with Crippen LogP contribution in [0.15, 0.2) is 18.5 Å². The van der Waals surface area contributed by atoms with Crippen molar-refractivity contribution in [1.29, 1.82) is 0 Å². The summed E-state index contributed by atoms with van der Waals surface area (Å²) in [6, 6.07) is 2.86. The van der Waals surface area contributed by atoms with Crippen LogP contribution in [-0.4, -0.2) is 35.6 Å². The van der Waals surface area contributed by atoms with Crippen LogP contribution in [0.2, 0.25) is 0 Å². The number of hydrogen-bond donors (Lipinski definition) is 1. The molecule has 1 N–H and O–H groups in total. The average Bonchev–Trinajstić information content (AvgIpc) is 2.63. The molecule has 0 bridgehead atoms. The first-order chi connectivity index (χ1) is 7.65. The summed E-state index contributed by atoms with van der Waals surface area (Å²) in [6.45, 7) is 5.78. The van der Waals surface area contributed by atoms with Crippen LogP contribution in [0.4, 0.5) is 0 Å². The van der Waals surface area contributed by atoms with Gasteiger partial charge in [0.25, 0.3) is 0 Å². The number of aryl methyl sites for hydroxylation is 1. The second-order valence-electron chi connectivity index (χ2n) is 5.20. The van der Waals surface area contributed by atoms with Crippen LogP contribution in [0.25, 0.3) is 0 Å². The van der Waals surface area contributed by atoms with E-state index in [1.54, 1.807) is 0 Å². The number of aromatic nitrogens is 1. The minimum atomic E-state index is 0.677. The van der Waals surface area contributed by atoms with Gasteiger partial charge >= 0.3 is 0 Å². The van der Waals surface area contributed by atoms with Gasteiger partial charge in [0, 0.05) is 38.6 Å². The number of hydrogen-bond acceptors (Lipinski definition) is 2. The van der Waals surface area contributed by atoms with E-state index >= 15 is 0 Å². The Bertz CT molecular complexity index is 332. The molecule has 0 saturated carbocycles. The molecular formula is C13H23N3. The molecule has 2 atom stereocenters. The lowest BCUT2D eigenvalue weighted by atomic mass is 9.94. The highest BCUT2D eigenvalue weighted by Crippen LogP contribution is 2.15. The lowest BCUT2D eigenvalue weighted by Gasteiger charge is -2.35. The normalized spacial score (nSPS) is 27.2. The van der Waals surface area contributed by atoms with Gasteiger partial charge < -0.3 is 14.8 Å². The fraction of sp³-hybridized carbons (Fsp3) is 0.692. The predicted molar refractivity (Wildman–Crippen MR) is 67.3 cm³/mol. The van der Waals surface area contributed by atoms with E-state index in [0.717, 1.165) is 12.5 Å². The Morgan fingerprint density at radius 2 is 2.25 bits per heavy atom. The topological polar surface area (TPSA) is 20.2 Å². The molecule has 0 radical (unpaired) electrons. The second kappa shape index (κ2) is 5.02. The number of rotatable bonds is 3. The zero-order valence-electron chi connectivity index (χ0n) is 10.6. The highest BCUT2D eigenvalue weighted by molar-refractivity contribution is 5.09. The molecule has 0 amide bonds. The van der Waals surface area contributed by atoms with Crippen LogP contribution in [0, 0.1) is 5.92 Å². The predicted octanol–water partition coefficient (Wildman–Crippen LogP) is 1.45. The van der Waals surface area contributed by atoms with Gasteiger partial charge in [0.1, 0.15) is 0 Å². The Morgan fingerprint density at radius 1 is 1.44 bits per heavy atom. The molecule has 2 unspecified atom stereocenters. The molecule has 1 aromatic heterocycles. The molecule has 2 heterocycles. The second-order valence-corrected chi connectivity index (χ2v) is 5.20.